The summed E-state index contributed by atoms with van der Waals surface area (Å²) in [4.78, 5) is 26.8. The second-order valence-electron chi connectivity index (χ2n) is 16.3. The lowest BCUT2D eigenvalue weighted by atomic mass is 9.36. The number of aliphatic hydroxyl groups excluding tert-OH is 2. The summed E-state index contributed by atoms with van der Waals surface area (Å²) in [5.41, 5.74) is 2.45. The Bertz CT molecular complexity index is 1610. The van der Waals surface area contributed by atoms with E-state index in [4.69, 9.17) is 13.9 Å². The Hall–Kier alpha value is -3.30. The van der Waals surface area contributed by atoms with Crippen molar-refractivity contribution in [3.63, 3.8) is 0 Å². The van der Waals surface area contributed by atoms with Gasteiger partial charge in [-0.15, -0.1) is 10.2 Å². The standard InChI is InChI=1S/C40H54N2O7/c1-23(2)12-11-15-27(37(46)47-22-33-41-42-36(49-33)26-13-9-8-10-14-26)34-29-20-31(45)35-38(5)18-17-30(44)24(3)28(38)16-19-39(35,6)40(29,7)21-32(34)48-25(4)43/h8-10,12-14,24,28-32,35,44-45H,11,15-22H2,1-7H3/b34-27-/t24-,28-,29-,30+,31+,32-,35-,38-,39-,40-/m0/s1. The molecule has 0 saturated heterocycles. The van der Waals surface area contributed by atoms with Gasteiger partial charge in [-0.2, -0.15) is 0 Å². The summed E-state index contributed by atoms with van der Waals surface area (Å²) in [5, 5.41) is 31.3. The van der Waals surface area contributed by atoms with Crippen LogP contribution in [0.1, 0.15) is 106 Å². The predicted molar refractivity (Wildman–Crippen MR) is 184 cm³/mol. The number of rotatable bonds is 8. The molecule has 4 aliphatic rings. The van der Waals surface area contributed by atoms with Gasteiger partial charge in [0.1, 0.15) is 6.10 Å². The van der Waals surface area contributed by atoms with E-state index in [0.717, 1.165) is 42.4 Å². The Kier molecular flexibility index (Phi) is 9.74. The molecule has 0 unspecified atom stereocenters. The van der Waals surface area contributed by atoms with Gasteiger partial charge in [0.15, 0.2) is 6.61 Å². The normalized spacial score (nSPS) is 37.7. The number of allylic oxidation sites excluding steroid dienone is 2. The van der Waals surface area contributed by atoms with Crippen molar-refractivity contribution in [2.45, 2.75) is 125 Å². The summed E-state index contributed by atoms with van der Waals surface area (Å²) < 4.78 is 17.8. The number of hydrogen-bond acceptors (Lipinski definition) is 9. The molecule has 4 saturated carbocycles. The summed E-state index contributed by atoms with van der Waals surface area (Å²) >= 11 is 0. The molecular weight excluding hydrogens is 620 g/mol. The number of aliphatic hydroxyl groups is 2. The molecule has 0 spiro atoms. The van der Waals surface area contributed by atoms with Crippen LogP contribution in [0.4, 0.5) is 0 Å². The van der Waals surface area contributed by atoms with Gasteiger partial charge >= 0.3 is 11.9 Å². The minimum Gasteiger partial charge on any atom is -0.458 e. The van der Waals surface area contributed by atoms with E-state index < -0.39 is 24.1 Å². The number of esters is 2. The quantitative estimate of drug-likeness (QED) is 0.167. The summed E-state index contributed by atoms with van der Waals surface area (Å²) in [7, 11) is 0. The molecular formula is C40H54N2O7. The van der Waals surface area contributed by atoms with Crippen LogP contribution >= 0.6 is 0 Å². The number of carbonyl (C=O) groups is 2. The highest BCUT2D eigenvalue weighted by molar-refractivity contribution is 5.90. The molecule has 266 valence electrons. The highest BCUT2D eigenvalue weighted by Gasteiger charge is 2.70. The SMILES string of the molecule is CC(=O)O[C@H]1C[C@@]2(C)[C@@H](C[C@@H](O)[C@H]3[C@@]4(C)CC[C@@H](O)[C@@H](C)[C@@H]4CC[C@@]32C)/C1=C(\CCC=C(C)C)C(=O)OCc1nnc(-c2ccccc2)o1. The largest absolute Gasteiger partial charge is 0.458 e. The van der Waals surface area contributed by atoms with Crippen LogP contribution in [-0.4, -0.2) is 50.7 Å². The average molecular weight is 675 g/mol. The first-order valence-corrected chi connectivity index (χ1v) is 18.1. The third-order valence-corrected chi connectivity index (χ3v) is 13.4. The minimum absolute atomic E-state index is 0.0182. The number of carbonyl (C=O) groups excluding carboxylic acids is 2. The second-order valence-corrected chi connectivity index (χ2v) is 16.3. The highest BCUT2D eigenvalue weighted by Crippen LogP contribution is 2.74. The molecule has 0 radical (unpaired) electrons. The van der Waals surface area contributed by atoms with E-state index in [1.54, 1.807) is 0 Å². The van der Waals surface area contributed by atoms with E-state index >= 15 is 0 Å². The molecule has 9 nitrogen and oxygen atoms in total. The Balaban J connectivity index is 1.37. The number of ether oxygens (including phenoxy) is 2. The van der Waals surface area contributed by atoms with Crippen molar-refractivity contribution in [3.8, 4) is 11.5 Å². The van der Waals surface area contributed by atoms with E-state index in [2.05, 4.69) is 44.0 Å². The van der Waals surface area contributed by atoms with E-state index in [-0.39, 0.29) is 52.6 Å². The number of nitrogens with zero attached hydrogens (tertiary/aromatic N) is 2. The van der Waals surface area contributed by atoms with Crippen LogP contribution in [0.15, 0.2) is 57.5 Å². The van der Waals surface area contributed by atoms with Crippen molar-refractivity contribution < 1.29 is 33.7 Å². The van der Waals surface area contributed by atoms with Crippen molar-refractivity contribution in [2.24, 2.45) is 39.9 Å². The molecule has 2 aromatic rings. The third-order valence-electron chi connectivity index (χ3n) is 13.4. The van der Waals surface area contributed by atoms with Crippen LogP contribution in [-0.2, 0) is 25.7 Å². The summed E-state index contributed by atoms with van der Waals surface area (Å²) in [6.45, 7) is 14.4. The zero-order valence-electron chi connectivity index (χ0n) is 30.2. The molecule has 2 N–H and O–H groups in total. The van der Waals surface area contributed by atoms with Crippen LogP contribution in [0, 0.1) is 39.9 Å². The molecule has 6 rings (SSSR count). The zero-order valence-corrected chi connectivity index (χ0v) is 30.2. The van der Waals surface area contributed by atoms with Gasteiger partial charge in [0, 0.05) is 18.1 Å². The fraction of sp³-hybridized carbons (Fsp3) is 0.650. The fourth-order valence-corrected chi connectivity index (χ4v) is 11.0. The zero-order chi connectivity index (χ0) is 35.3. The van der Waals surface area contributed by atoms with Crippen LogP contribution in [0.2, 0.25) is 0 Å². The number of hydrogen-bond donors (Lipinski definition) is 2. The lowest BCUT2D eigenvalue weighted by Gasteiger charge is -2.69. The number of fused-ring (bicyclic) bond motifs is 5. The van der Waals surface area contributed by atoms with Crippen molar-refractivity contribution in [1.82, 2.24) is 10.2 Å². The van der Waals surface area contributed by atoms with Crippen LogP contribution < -0.4 is 0 Å². The second kappa shape index (κ2) is 13.4. The topological polar surface area (TPSA) is 132 Å². The van der Waals surface area contributed by atoms with Gasteiger partial charge in [-0.1, -0.05) is 57.5 Å². The Morgan fingerprint density at radius 1 is 1.00 bits per heavy atom. The van der Waals surface area contributed by atoms with Crippen LogP contribution in [0.3, 0.4) is 0 Å². The van der Waals surface area contributed by atoms with Crippen LogP contribution in [0.25, 0.3) is 11.5 Å². The fourth-order valence-electron chi connectivity index (χ4n) is 11.0. The summed E-state index contributed by atoms with van der Waals surface area (Å²) in [6, 6.07) is 9.42. The molecule has 0 aliphatic heterocycles. The van der Waals surface area contributed by atoms with Gasteiger partial charge in [0.05, 0.1) is 12.2 Å². The average Bonchev–Trinajstić information content (AvgIpc) is 3.63. The Morgan fingerprint density at radius 3 is 2.43 bits per heavy atom. The highest BCUT2D eigenvalue weighted by atomic mass is 16.5. The molecule has 4 aliphatic carbocycles. The van der Waals surface area contributed by atoms with E-state index in [0.29, 0.717) is 43.1 Å². The molecule has 9 heteroatoms. The maximum Gasteiger partial charge on any atom is 0.334 e. The molecule has 49 heavy (non-hydrogen) atoms. The molecule has 1 aromatic carbocycles. The van der Waals surface area contributed by atoms with Gasteiger partial charge in [0.2, 0.25) is 5.89 Å². The number of benzene rings is 1. The first-order chi connectivity index (χ1) is 23.2. The molecule has 4 fully saturated rings. The molecule has 10 atom stereocenters. The smallest absolute Gasteiger partial charge is 0.334 e. The Labute approximate surface area is 290 Å². The molecule has 1 heterocycles. The van der Waals surface area contributed by atoms with Gasteiger partial charge in [-0.05, 0) is 123 Å². The van der Waals surface area contributed by atoms with Crippen molar-refractivity contribution in [3.05, 3.63) is 59.0 Å². The number of aromatic nitrogens is 2. The van der Waals surface area contributed by atoms with Crippen molar-refractivity contribution >= 4 is 11.9 Å². The predicted octanol–water partition coefficient (Wildman–Crippen LogP) is 7.37. The Morgan fingerprint density at radius 2 is 1.73 bits per heavy atom. The van der Waals surface area contributed by atoms with Gasteiger partial charge in [-0.3, -0.25) is 4.79 Å². The van der Waals surface area contributed by atoms with E-state index in [9.17, 15) is 19.8 Å². The summed E-state index contributed by atoms with van der Waals surface area (Å²) in [5.74, 6) is -0.0144. The maximum absolute atomic E-state index is 14.2. The van der Waals surface area contributed by atoms with Crippen LogP contribution in [0.5, 0.6) is 0 Å². The molecule has 0 bridgehead atoms. The van der Waals surface area contributed by atoms with Gasteiger partial charge in [0.25, 0.3) is 5.89 Å². The van der Waals surface area contributed by atoms with E-state index in [1.807, 2.05) is 44.2 Å². The van der Waals surface area contributed by atoms with E-state index in [1.165, 1.54) is 6.92 Å². The lowest BCUT2D eigenvalue weighted by molar-refractivity contribution is -0.234. The molecule has 1 aromatic heterocycles. The maximum atomic E-state index is 14.2. The monoisotopic (exact) mass is 674 g/mol. The first kappa shape index (κ1) is 35.5. The van der Waals surface area contributed by atoms with Gasteiger partial charge in [-0.25, -0.2) is 4.79 Å². The van der Waals surface area contributed by atoms with Crippen molar-refractivity contribution in [2.75, 3.05) is 0 Å². The van der Waals surface area contributed by atoms with Gasteiger partial charge < -0.3 is 24.1 Å². The molecule has 0 amide bonds. The first-order valence-electron chi connectivity index (χ1n) is 18.1. The lowest BCUT2D eigenvalue weighted by Crippen LogP contribution is -2.65. The summed E-state index contributed by atoms with van der Waals surface area (Å²) in [6.07, 6.45) is 6.15. The minimum atomic E-state index is -0.603. The van der Waals surface area contributed by atoms with Crippen molar-refractivity contribution in [1.29, 1.82) is 0 Å². The third kappa shape index (κ3) is 6.19.